The third-order valence-electron chi connectivity index (χ3n) is 2.85. The zero-order valence-corrected chi connectivity index (χ0v) is 10.9. The highest BCUT2D eigenvalue weighted by molar-refractivity contribution is 5.35. The lowest BCUT2D eigenvalue weighted by atomic mass is 10.2. The van der Waals surface area contributed by atoms with Crippen LogP contribution in [-0.2, 0) is 11.3 Å². The fourth-order valence-corrected chi connectivity index (χ4v) is 1.83. The highest BCUT2D eigenvalue weighted by Crippen LogP contribution is 2.11. The first kappa shape index (κ1) is 12.8. The molecule has 0 bridgehead atoms. The Bertz CT molecular complexity index is 476. The predicted molar refractivity (Wildman–Crippen MR) is 71.9 cm³/mol. The van der Waals surface area contributed by atoms with E-state index < -0.39 is 0 Å². The number of aryl methyl sites for hydroxylation is 1. The van der Waals surface area contributed by atoms with Crippen LogP contribution >= 0.6 is 0 Å². The number of hydrogen-bond acceptors (Lipinski definition) is 3. The molecule has 0 fully saturated rings. The van der Waals surface area contributed by atoms with Crippen LogP contribution in [0.2, 0.25) is 0 Å². The first-order valence-electron chi connectivity index (χ1n) is 6.10. The van der Waals surface area contributed by atoms with Gasteiger partial charge in [-0.05, 0) is 24.6 Å². The minimum Gasteiger partial charge on any atom is -0.383 e. The first-order chi connectivity index (χ1) is 8.81. The minimum absolute atomic E-state index is 0.742. The third kappa shape index (κ3) is 3.18. The zero-order valence-electron chi connectivity index (χ0n) is 10.9. The van der Waals surface area contributed by atoms with E-state index in [9.17, 15) is 0 Å². The number of imidazole rings is 1. The van der Waals surface area contributed by atoms with Crippen molar-refractivity contribution in [2.45, 2.75) is 13.5 Å². The van der Waals surface area contributed by atoms with Gasteiger partial charge in [-0.25, -0.2) is 4.98 Å². The Morgan fingerprint density at radius 3 is 2.67 bits per heavy atom. The molecule has 4 nitrogen and oxygen atoms in total. The maximum atomic E-state index is 4.99. The molecule has 4 heteroatoms. The summed E-state index contributed by atoms with van der Waals surface area (Å²) in [4.78, 5) is 4.22. The Morgan fingerprint density at radius 2 is 2.06 bits per heavy atom. The van der Waals surface area contributed by atoms with Gasteiger partial charge in [-0.2, -0.15) is 0 Å². The average molecular weight is 245 g/mol. The minimum atomic E-state index is 0.742. The molecule has 0 aliphatic carbocycles. The molecule has 96 valence electrons. The Kier molecular flexibility index (Phi) is 4.50. The second kappa shape index (κ2) is 6.33. The van der Waals surface area contributed by atoms with Crippen LogP contribution in [0.25, 0.3) is 5.69 Å². The Balaban J connectivity index is 1.96. The van der Waals surface area contributed by atoms with Gasteiger partial charge in [0, 0.05) is 38.3 Å². The quantitative estimate of drug-likeness (QED) is 0.790. The third-order valence-corrected chi connectivity index (χ3v) is 2.85. The molecule has 0 saturated carbocycles. The first-order valence-corrected chi connectivity index (χ1v) is 6.10. The summed E-state index contributed by atoms with van der Waals surface area (Å²) < 4.78 is 7.06. The molecule has 0 amide bonds. The van der Waals surface area contributed by atoms with Gasteiger partial charge in [0.25, 0.3) is 0 Å². The molecular weight excluding hydrogens is 226 g/mol. The number of ether oxygens (including phenoxy) is 1. The molecule has 1 aromatic carbocycles. The smallest absolute Gasteiger partial charge is 0.110 e. The van der Waals surface area contributed by atoms with Crippen LogP contribution in [0.4, 0.5) is 0 Å². The molecule has 0 spiro atoms. The summed E-state index contributed by atoms with van der Waals surface area (Å²) in [5.74, 6) is 1.00. The van der Waals surface area contributed by atoms with Crippen LogP contribution in [0.15, 0.2) is 36.7 Å². The fraction of sp³-hybridized carbons (Fsp3) is 0.357. The summed E-state index contributed by atoms with van der Waals surface area (Å²) in [5, 5.41) is 3.32. The van der Waals surface area contributed by atoms with Crippen molar-refractivity contribution in [1.82, 2.24) is 14.9 Å². The van der Waals surface area contributed by atoms with Gasteiger partial charge in [-0.1, -0.05) is 12.1 Å². The van der Waals surface area contributed by atoms with E-state index in [1.165, 1.54) is 5.56 Å². The number of nitrogens with zero attached hydrogens (tertiary/aromatic N) is 2. The van der Waals surface area contributed by atoms with E-state index in [1.807, 2.05) is 19.3 Å². The van der Waals surface area contributed by atoms with E-state index in [1.54, 1.807) is 7.11 Å². The van der Waals surface area contributed by atoms with E-state index in [0.29, 0.717) is 0 Å². The summed E-state index contributed by atoms with van der Waals surface area (Å²) in [6.07, 6.45) is 3.79. The molecule has 18 heavy (non-hydrogen) atoms. The van der Waals surface area contributed by atoms with Gasteiger partial charge in [0.15, 0.2) is 0 Å². The van der Waals surface area contributed by atoms with E-state index >= 15 is 0 Å². The van der Waals surface area contributed by atoms with Crippen molar-refractivity contribution in [3.05, 3.63) is 48.0 Å². The predicted octanol–water partition coefficient (Wildman–Crippen LogP) is 1.92. The second-order valence-corrected chi connectivity index (χ2v) is 4.18. The summed E-state index contributed by atoms with van der Waals surface area (Å²) in [6, 6.07) is 8.49. The van der Waals surface area contributed by atoms with Crippen molar-refractivity contribution in [2.24, 2.45) is 0 Å². The van der Waals surface area contributed by atoms with Gasteiger partial charge < -0.3 is 14.6 Å². The van der Waals surface area contributed by atoms with Gasteiger partial charge in [-0.15, -0.1) is 0 Å². The number of aromatic nitrogens is 2. The summed E-state index contributed by atoms with van der Waals surface area (Å²) in [7, 11) is 1.71. The van der Waals surface area contributed by atoms with Crippen molar-refractivity contribution in [3.63, 3.8) is 0 Å². The van der Waals surface area contributed by atoms with Crippen molar-refractivity contribution >= 4 is 0 Å². The van der Waals surface area contributed by atoms with E-state index in [2.05, 4.69) is 39.1 Å². The number of methoxy groups -OCH3 is 1. The van der Waals surface area contributed by atoms with Gasteiger partial charge >= 0.3 is 0 Å². The summed E-state index contributed by atoms with van der Waals surface area (Å²) >= 11 is 0. The molecule has 2 aromatic rings. The van der Waals surface area contributed by atoms with Crippen LogP contribution < -0.4 is 5.32 Å². The van der Waals surface area contributed by atoms with Crippen LogP contribution in [0, 0.1) is 6.92 Å². The van der Waals surface area contributed by atoms with Crippen molar-refractivity contribution < 1.29 is 4.74 Å². The van der Waals surface area contributed by atoms with Crippen molar-refractivity contribution in [3.8, 4) is 5.69 Å². The number of rotatable bonds is 6. The van der Waals surface area contributed by atoms with Gasteiger partial charge in [-0.3, -0.25) is 0 Å². The van der Waals surface area contributed by atoms with Gasteiger partial charge in [0.05, 0.1) is 6.61 Å². The molecular formula is C14H19N3O. The van der Waals surface area contributed by atoms with Crippen LogP contribution in [0.5, 0.6) is 0 Å². The van der Waals surface area contributed by atoms with Gasteiger partial charge in [0.1, 0.15) is 5.82 Å². The molecule has 0 atom stereocenters. The van der Waals surface area contributed by atoms with E-state index in [-0.39, 0.29) is 0 Å². The van der Waals surface area contributed by atoms with Crippen molar-refractivity contribution in [2.75, 3.05) is 20.3 Å². The topological polar surface area (TPSA) is 39.1 Å². The lowest BCUT2D eigenvalue weighted by Gasteiger charge is -2.07. The standard InChI is InChI=1S/C14H19N3O/c1-12-16-7-9-17(12)14-5-3-13(4-6-14)11-15-8-10-18-2/h3-7,9,15H,8,10-11H2,1-2H3. The number of hydrogen-bond donors (Lipinski definition) is 1. The lowest BCUT2D eigenvalue weighted by Crippen LogP contribution is -2.18. The SMILES string of the molecule is COCCNCc1ccc(-n2ccnc2C)cc1. The van der Waals surface area contributed by atoms with Crippen LogP contribution in [-0.4, -0.2) is 29.8 Å². The fourth-order valence-electron chi connectivity index (χ4n) is 1.83. The molecule has 0 saturated heterocycles. The summed E-state index contributed by atoms with van der Waals surface area (Å²) in [5.41, 5.74) is 2.42. The molecule has 2 rings (SSSR count). The highest BCUT2D eigenvalue weighted by atomic mass is 16.5. The van der Waals surface area contributed by atoms with Crippen molar-refractivity contribution in [1.29, 1.82) is 0 Å². The Hall–Kier alpha value is -1.65. The molecule has 1 heterocycles. The Morgan fingerprint density at radius 1 is 1.28 bits per heavy atom. The molecule has 0 unspecified atom stereocenters. The number of nitrogens with one attached hydrogen (secondary N) is 1. The van der Waals surface area contributed by atoms with E-state index in [0.717, 1.165) is 31.2 Å². The van der Waals surface area contributed by atoms with Gasteiger partial charge in [0.2, 0.25) is 0 Å². The molecule has 0 radical (unpaired) electrons. The highest BCUT2D eigenvalue weighted by Gasteiger charge is 2.00. The maximum Gasteiger partial charge on any atom is 0.110 e. The molecule has 0 aliphatic heterocycles. The summed E-state index contributed by atoms with van der Waals surface area (Å²) in [6.45, 7) is 4.48. The maximum absolute atomic E-state index is 4.99. The van der Waals surface area contributed by atoms with E-state index in [4.69, 9.17) is 4.74 Å². The van der Waals surface area contributed by atoms with Crippen LogP contribution in [0.3, 0.4) is 0 Å². The Labute approximate surface area is 108 Å². The molecule has 1 aromatic heterocycles. The van der Waals surface area contributed by atoms with Crippen LogP contribution in [0.1, 0.15) is 11.4 Å². The number of benzene rings is 1. The average Bonchev–Trinajstić information content (AvgIpc) is 2.82. The lowest BCUT2D eigenvalue weighted by molar-refractivity contribution is 0.199. The largest absolute Gasteiger partial charge is 0.383 e. The molecule has 0 aliphatic rings. The monoisotopic (exact) mass is 245 g/mol. The zero-order chi connectivity index (χ0) is 12.8. The molecule has 1 N–H and O–H groups in total. The second-order valence-electron chi connectivity index (χ2n) is 4.18. The normalized spacial score (nSPS) is 10.8.